The van der Waals surface area contributed by atoms with Gasteiger partial charge in [-0.25, -0.2) is 4.79 Å². The van der Waals surface area contributed by atoms with Crippen LogP contribution >= 0.6 is 27.3 Å². The minimum Gasteiger partial charge on any atom is -0.478 e. The van der Waals surface area contributed by atoms with Gasteiger partial charge in [-0.3, -0.25) is 4.79 Å². The van der Waals surface area contributed by atoms with Crippen molar-refractivity contribution in [2.45, 2.75) is 6.92 Å². The van der Waals surface area contributed by atoms with Crippen LogP contribution in [0.5, 0.6) is 0 Å². The average Bonchev–Trinajstić information content (AvgIpc) is 2.82. The Morgan fingerprint density at radius 1 is 1.29 bits per heavy atom. The first-order valence-electron chi connectivity index (χ1n) is 6.04. The Hall–Kier alpha value is -1.92. The lowest BCUT2D eigenvalue weighted by Gasteiger charge is -2.08. The molecule has 2 rings (SSSR count). The minimum absolute atomic E-state index is 0.109. The van der Waals surface area contributed by atoms with E-state index in [1.807, 2.05) is 12.1 Å². The van der Waals surface area contributed by atoms with Crippen LogP contribution in [0.4, 0.5) is 5.69 Å². The second kappa shape index (κ2) is 6.69. The maximum atomic E-state index is 11.9. The largest absolute Gasteiger partial charge is 0.478 e. The molecule has 0 saturated carbocycles. The Labute approximate surface area is 134 Å². The third-order valence-corrected chi connectivity index (χ3v) is 4.33. The van der Waals surface area contributed by atoms with Gasteiger partial charge in [0.05, 0.1) is 15.0 Å². The van der Waals surface area contributed by atoms with E-state index in [9.17, 15) is 14.7 Å². The van der Waals surface area contributed by atoms with E-state index in [0.717, 1.165) is 8.66 Å². The lowest BCUT2D eigenvalue weighted by molar-refractivity contribution is -0.111. The van der Waals surface area contributed by atoms with Crippen LogP contribution < -0.4 is 5.32 Å². The quantitative estimate of drug-likeness (QED) is 0.799. The third-order valence-electron chi connectivity index (χ3n) is 2.74. The molecule has 2 N–H and O–H groups in total. The van der Waals surface area contributed by atoms with Crippen LogP contribution in [0.1, 0.15) is 20.8 Å². The number of thiophene rings is 1. The predicted molar refractivity (Wildman–Crippen MR) is 87.8 cm³/mol. The van der Waals surface area contributed by atoms with Gasteiger partial charge < -0.3 is 10.4 Å². The van der Waals surface area contributed by atoms with Gasteiger partial charge >= 0.3 is 5.97 Å². The Kier molecular flexibility index (Phi) is 4.93. The Bertz CT molecular complexity index is 721. The van der Waals surface area contributed by atoms with Crippen molar-refractivity contribution in [2.75, 3.05) is 5.32 Å². The number of halogens is 1. The van der Waals surface area contributed by atoms with Crippen LogP contribution in [0.15, 0.2) is 40.2 Å². The van der Waals surface area contributed by atoms with E-state index >= 15 is 0 Å². The Morgan fingerprint density at radius 3 is 2.67 bits per heavy atom. The first-order valence-corrected chi connectivity index (χ1v) is 7.65. The normalized spacial score (nSPS) is 10.8. The number of rotatable bonds is 4. The van der Waals surface area contributed by atoms with E-state index in [1.54, 1.807) is 31.2 Å². The summed E-state index contributed by atoms with van der Waals surface area (Å²) in [6.07, 6.45) is 3.06. The number of hydrogen-bond donors (Lipinski definition) is 2. The van der Waals surface area contributed by atoms with Crippen LogP contribution in [0.2, 0.25) is 0 Å². The van der Waals surface area contributed by atoms with Crippen LogP contribution in [0, 0.1) is 6.92 Å². The fraction of sp³-hybridized carbons (Fsp3) is 0.0667. The molecule has 1 amide bonds. The lowest BCUT2D eigenvalue weighted by Crippen LogP contribution is -2.13. The number of benzene rings is 1. The van der Waals surface area contributed by atoms with Gasteiger partial charge in [-0.15, -0.1) is 11.3 Å². The number of amides is 1. The van der Waals surface area contributed by atoms with E-state index in [-0.39, 0.29) is 11.5 Å². The Morgan fingerprint density at radius 2 is 2.05 bits per heavy atom. The molecule has 108 valence electrons. The maximum absolute atomic E-state index is 11.9. The number of anilines is 1. The molecule has 0 unspecified atom stereocenters. The molecule has 1 aromatic carbocycles. The molecule has 1 heterocycles. The second-order valence-electron chi connectivity index (χ2n) is 4.27. The highest BCUT2D eigenvalue weighted by molar-refractivity contribution is 9.11. The van der Waals surface area contributed by atoms with Gasteiger partial charge in [-0.2, -0.15) is 0 Å². The number of carbonyl (C=O) groups is 2. The van der Waals surface area contributed by atoms with Gasteiger partial charge in [0.25, 0.3) is 0 Å². The standard InChI is InChI=1S/C15H12BrNO3S/c1-9-3-2-4-11(14(9)15(19)20)17-13(18)8-6-10-5-7-12(16)21-10/h2-8H,1H3,(H,17,18)(H,19,20). The van der Waals surface area contributed by atoms with Crippen molar-refractivity contribution < 1.29 is 14.7 Å². The fourth-order valence-corrected chi connectivity index (χ4v) is 3.13. The van der Waals surface area contributed by atoms with Crippen LogP contribution in [-0.2, 0) is 4.79 Å². The molecule has 0 saturated heterocycles. The molecule has 0 spiro atoms. The van der Waals surface area contributed by atoms with E-state index in [2.05, 4.69) is 21.2 Å². The fourth-order valence-electron chi connectivity index (χ4n) is 1.81. The molecule has 6 heteroatoms. The Balaban J connectivity index is 2.15. The summed E-state index contributed by atoms with van der Waals surface area (Å²) < 4.78 is 0.981. The molecular formula is C15H12BrNO3S. The van der Waals surface area contributed by atoms with E-state index in [4.69, 9.17) is 0 Å². The highest BCUT2D eigenvalue weighted by Crippen LogP contribution is 2.23. The first-order chi connectivity index (χ1) is 9.97. The molecule has 0 fully saturated rings. The molecule has 2 aromatic rings. The van der Waals surface area contributed by atoms with Crippen LogP contribution in [0.3, 0.4) is 0 Å². The van der Waals surface area contributed by atoms with Crippen LogP contribution in [-0.4, -0.2) is 17.0 Å². The monoisotopic (exact) mass is 365 g/mol. The summed E-state index contributed by atoms with van der Waals surface area (Å²) in [5.41, 5.74) is 1.01. The van der Waals surface area contributed by atoms with E-state index in [1.165, 1.54) is 17.4 Å². The molecule has 4 nitrogen and oxygen atoms in total. The molecule has 1 aromatic heterocycles. The van der Waals surface area contributed by atoms with Gasteiger partial charge in [0.1, 0.15) is 0 Å². The number of aromatic carboxylic acids is 1. The van der Waals surface area contributed by atoms with Gasteiger partial charge in [-0.05, 0) is 52.7 Å². The van der Waals surface area contributed by atoms with Crippen LogP contribution in [0.25, 0.3) is 6.08 Å². The molecule has 0 aliphatic heterocycles. The summed E-state index contributed by atoms with van der Waals surface area (Å²) >= 11 is 4.85. The smallest absolute Gasteiger partial charge is 0.338 e. The minimum atomic E-state index is -1.06. The summed E-state index contributed by atoms with van der Waals surface area (Å²) in [5, 5.41) is 11.8. The first kappa shape index (κ1) is 15.5. The van der Waals surface area contributed by atoms with Gasteiger partial charge in [0.15, 0.2) is 0 Å². The summed E-state index contributed by atoms with van der Waals surface area (Å²) in [5.74, 6) is -1.43. The van der Waals surface area contributed by atoms with Gasteiger partial charge in [-0.1, -0.05) is 12.1 Å². The molecular weight excluding hydrogens is 354 g/mol. The zero-order chi connectivity index (χ0) is 15.4. The number of carboxylic acids is 1. The second-order valence-corrected chi connectivity index (χ2v) is 6.76. The van der Waals surface area contributed by atoms with Crippen molar-refractivity contribution in [3.63, 3.8) is 0 Å². The zero-order valence-corrected chi connectivity index (χ0v) is 13.5. The van der Waals surface area contributed by atoms with Crippen molar-refractivity contribution in [2.24, 2.45) is 0 Å². The molecule has 21 heavy (non-hydrogen) atoms. The van der Waals surface area contributed by atoms with Gasteiger partial charge in [0, 0.05) is 11.0 Å². The van der Waals surface area contributed by atoms with Crippen molar-refractivity contribution in [3.8, 4) is 0 Å². The van der Waals surface area contributed by atoms with E-state index in [0.29, 0.717) is 11.3 Å². The summed E-state index contributed by atoms with van der Waals surface area (Å²) in [7, 11) is 0. The summed E-state index contributed by atoms with van der Waals surface area (Å²) in [6, 6.07) is 8.75. The summed E-state index contributed by atoms with van der Waals surface area (Å²) in [4.78, 5) is 24.0. The lowest BCUT2D eigenvalue weighted by atomic mass is 10.1. The van der Waals surface area contributed by atoms with Gasteiger partial charge in [0.2, 0.25) is 5.91 Å². The van der Waals surface area contributed by atoms with E-state index < -0.39 is 5.97 Å². The summed E-state index contributed by atoms with van der Waals surface area (Å²) in [6.45, 7) is 1.69. The molecule has 0 bridgehead atoms. The van der Waals surface area contributed by atoms with Crippen molar-refractivity contribution in [3.05, 3.63) is 56.2 Å². The molecule has 0 radical (unpaired) electrons. The predicted octanol–water partition coefficient (Wildman–Crippen LogP) is 4.17. The number of carboxylic acid groups (broad SMARTS) is 1. The number of aryl methyl sites for hydroxylation is 1. The number of hydrogen-bond acceptors (Lipinski definition) is 3. The average molecular weight is 366 g/mol. The SMILES string of the molecule is Cc1cccc(NC(=O)C=Cc2ccc(Br)s2)c1C(=O)O. The molecule has 0 aliphatic rings. The molecule has 0 atom stereocenters. The molecule has 0 aliphatic carbocycles. The number of carbonyl (C=O) groups excluding carboxylic acids is 1. The maximum Gasteiger partial charge on any atom is 0.338 e. The van der Waals surface area contributed by atoms with Crippen molar-refractivity contribution >= 4 is 50.9 Å². The third kappa shape index (κ3) is 4.03. The zero-order valence-electron chi connectivity index (χ0n) is 11.1. The highest BCUT2D eigenvalue weighted by atomic mass is 79.9. The number of nitrogens with one attached hydrogen (secondary N) is 1. The highest BCUT2D eigenvalue weighted by Gasteiger charge is 2.13. The topological polar surface area (TPSA) is 66.4 Å². The van der Waals surface area contributed by atoms with Crippen molar-refractivity contribution in [1.29, 1.82) is 0 Å². The van der Waals surface area contributed by atoms with Crippen molar-refractivity contribution in [1.82, 2.24) is 0 Å².